The standard InChI is InChI=1S/C15H30N2O2/c1-15(2,3)19-14(18)17(4)11-10-16-12-13-8-6-5-7-9-13/h13,16H,5-12H2,1-4H3. The van der Waals surface area contributed by atoms with Gasteiger partial charge in [0.2, 0.25) is 0 Å². The zero-order valence-corrected chi connectivity index (χ0v) is 13.0. The minimum atomic E-state index is -0.416. The number of rotatable bonds is 5. The summed E-state index contributed by atoms with van der Waals surface area (Å²) in [6.45, 7) is 8.29. The van der Waals surface area contributed by atoms with Crippen molar-refractivity contribution in [2.75, 3.05) is 26.7 Å². The summed E-state index contributed by atoms with van der Waals surface area (Å²) >= 11 is 0. The Kier molecular flexibility index (Phi) is 6.63. The fourth-order valence-corrected chi connectivity index (χ4v) is 2.38. The highest BCUT2D eigenvalue weighted by molar-refractivity contribution is 5.67. The molecule has 0 aromatic rings. The molecule has 0 unspecified atom stereocenters. The maximum Gasteiger partial charge on any atom is 0.410 e. The van der Waals surface area contributed by atoms with Gasteiger partial charge in [-0.2, -0.15) is 0 Å². The number of ether oxygens (including phenoxy) is 1. The minimum Gasteiger partial charge on any atom is -0.444 e. The molecule has 112 valence electrons. The summed E-state index contributed by atoms with van der Waals surface area (Å²) in [5, 5.41) is 3.45. The Balaban J connectivity index is 2.09. The summed E-state index contributed by atoms with van der Waals surface area (Å²) in [7, 11) is 1.79. The first kappa shape index (κ1) is 16.3. The lowest BCUT2D eigenvalue weighted by Gasteiger charge is -2.25. The van der Waals surface area contributed by atoms with Crippen molar-refractivity contribution in [2.45, 2.75) is 58.5 Å². The molecule has 1 aliphatic rings. The zero-order valence-electron chi connectivity index (χ0n) is 13.0. The number of nitrogens with one attached hydrogen (secondary N) is 1. The van der Waals surface area contributed by atoms with Gasteiger partial charge in [0.25, 0.3) is 0 Å². The predicted octanol–water partition coefficient (Wildman–Crippen LogP) is 3.02. The molecule has 4 heteroatoms. The number of carbonyl (C=O) groups is 1. The highest BCUT2D eigenvalue weighted by Crippen LogP contribution is 2.22. The lowest BCUT2D eigenvalue weighted by molar-refractivity contribution is 0.0300. The molecule has 0 aliphatic heterocycles. The SMILES string of the molecule is CN(CCNCC1CCCCC1)C(=O)OC(C)(C)C. The van der Waals surface area contributed by atoms with Gasteiger partial charge in [0.1, 0.15) is 5.60 Å². The molecule has 0 aromatic carbocycles. The molecule has 1 N–H and O–H groups in total. The van der Waals surface area contributed by atoms with Gasteiger partial charge in [-0.15, -0.1) is 0 Å². The largest absolute Gasteiger partial charge is 0.444 e. The van der Waals surface area contributed by atoms with Crippen molar-refractivity contribution in [2.24, 2.45) is 5.92 Å². The third kappa shape index (κ3) is 7.41. The maximum atomic E-state index is 11.7. The molecule has 1 aliphatic carbocycles. The Labute approximate surface area is 117 Å². The molecule has 4 nitrogen and oxygen atoms in total. The Bertz CT molecular complexity index is 268. The predicted molar refractivity (Wildman–Crippen MR) is 78.3 cm³/mol. The van der Waals surface area contributed by atoms with Gasteiger partial charge in [-0.05, 0) is 46.1 Å². The molecule has 0 aromatic heterocycles. The van der Waals surface area contributed by atoms with Gasteiger partial charge >= 0.3 is 6.09 Å². The van der Waals surface area contributed by atoms with E-state index in [1.807, 2.05) is 20.8 Å². The number of nitrogens with zero attached hydrogens (tertiary/aromatic N) is 1. The summed E-state index contributed by atoms with van der Waals surface area (Å²) in [5.41, 5.74) is -0.416. The van der Waals surface area contributed by atoms with Crippen LogP contribution in [0.25, 0.3) is 0 Å². The molecule has 0 heterocycles. The van der Waals surface area contributed by atoms with Crippen molar-refractivity contribution in [3.05, 3.63) is 0 Å². The molecule has 1 rings (SSSR count). The first-order valence-electron chi connectivity index (χ1n) is 7.53. The minimum absolute atomic E-state index is 0.244. The highest BCUT2D eigenvalue weighted by Gasteiger charge is 2.19. The van der Waals surface area contributed by atoms with Gasteiger partial charge in [-0.25, -0.2) is 4.79 Å². The van der Waals surface area contributed by atoms with Crippen molar-refractivity contribution in [3.8, 4) is 0 Å². The van der Waals surface area contributed by atoms with Gasteiger partial charge in [0.05, 0.1) is 0 Å². The summed E-state index contributed by atoms with van der Waals surface area (Å²) in [6, 6.07) is 0. The van der Waals surface area contributed by atoms with Crippen molar-refractivity contribution < 1.29 is 9.53 Å². The normalized spacial score (nSPS) is 17.3. The van der Waals surface area contributed by atoms with Crippen LogP contribution in [0.15, 0.2) is 0 Å². The van der Waals surface area contributed by atoms with Crippen LogP contribution in [0, 0.1) is 5.92 Å². The summed E-state index contributed by atoms with van der Waals surface area (Å²) in [4.78, 5) is 13.4. The van der Waals surface area contributed by atoms with Crippen LogP contribution in [-0.2, 0) is 4.74 Å². The Morgan fingerprint density at radius 2 is 1.89 bits per heavy atom. The van der Waals surface area contributed by atoms with E-state index in [4.69, 9.17) is 4.74 Å². The van der Waals surface area contributed by atoms with Crippen LogP contribution in [-0.4, -0.2) is 43.3 Å². The fourth-order valence-electron chi connectivity index (χ4n) is 2.38. The van der Waals surface area contributed by atoms with Gasteiger partial charge in [-0.1, -0.05) is 19.3 Å². The van der Waals surface area contributed by atoms with Crippen LogP contribution in [0.2, 0.25) is 0 Å². The monoisotopic (exact) mass is 270 g/mol. The van der Waals surface area contributed by atoms with Crippen molar-refractivity contribution >= 4 is 6.09 Å². The second-order valence-corrected chi connectivity index (χ2v) is 6.61. The first-order valence-corrected chi connectivity index (χ1v) is 7.53. The fraction of sp³-hybridized carbons (Fsp3) is 0.933. The number of amides is 1. The van der Waals surface area contributed by atoms with Crippen LogP contribution in [0.1, 0.15) is 52.9 Å². The quantitative estimate of drug-likeness (QED) is 0.781. The molecule has 0 saturated heterocycles. The summed E-state index contributed by atoms with van der Waals surface area (Å²) < 4.78 is 5.31. The number of hydrogen-bond donors (Lipinski definition) is 1. The van der Waals surface area contributed by atoms with E-state index in [9.17, 15) is 4.79 Å². The van der Waals surface area contributed by atoms with Crippen molar-refractivity contribution in [1.29, 1.82) is 0 Å². The topological polar surface area (TPSA) is 41.6 Å². The van der Waals surface area contributed by atoms with Crippen LogP contribution in [0.4, 0.5) is 4.79 Å². The highest BCUT2D eigenvalue weighted by atomic mass is 16.6. The number of carbonyl (C=O) groups excluding carboxylic acids is 1. The third-order valence-electron chi connectivity index (χ3n) is 3.49. The van der Waals surface area contributed by atoms with Crippen molar-refractivity contribution in [3.63, 3.8) is 0 Å². The van der Waals surface area contributed by atoms with Gasteiger partial charge in [-0.3, -0.25) is 0 Å². The Morgan fingerprint density at radius 3 is 2.47 bits per heavy atom. The Hall–Kier alpha value is -0.770. The molecular weight excluding hydrogens is 240 g/mol. The average Bonchev–Trinajstić information content (AvgIpc) is 2.33. The van der Waals surface area contributed by atoms with E-state index in [1.165, 1.54) is 32.1 Å². The van der Waals surface area contributed by atoms with E-state index in [0.717, 1.165) is 19.0 Å². The average molecular weight is 270 g/mol. The van der Waals surface area contributed by atoms with E-state index < -0.39 is 5.60 Å². The van der Waals surface area contributed by atoms with E-state index in [1.54, 1.807) is 11.9 Å². The summed E-state index contributed by atoms with van der Waals surface area (Å²) in [5.74, 6) is 0.834. The van der Waals surface area contributed by atoms with E-state index in [2.05, 4.69) is 5.32 Å². The lowest BCUT2D eigenvalue weighted by atomic mass is 9.89. The smallest absolute Gasteiger partial charge is 0.410 e. The molecule has 1 amide bonds. The maximum absolute atomic E-state index is 11.7. The molecule has 0 bridgehead atoms. The first-order chi connectivity index (χ1) is 8.88. The summed E-state index contributed by atoms with van der Waals surface area (Å²) in [6.07, 6.45) is 6.63. The number of hydrogen-bond acceptors (Lipinski definition) is 3. The third-order valence-corrected chi connectivity index (χ3v) is 3.49. The molecule has 0 atom stereocenters. The molecule has 19 heavy (non-hydrogen) atoms. The molecule has 1 fully saturated rings. The van der Waals surface area contributed by atoms with Gasteiger partial charge < -0.3 is 15.0 Å². The second kappa shape index (κ2) is 7.73. The van der Waals surface area contributed by atoms with Gasteiger partial charge in [0, 0.05) is 20.1 Å². The van der Waals surface area contributed by atoms with Gasteiger partial charge in [0.15, 0.2) is 0 Å². The van der Waals surface area contributed by atoms with Crippen molar-refractivity contribution in [1.82, 2.24) is 10.2 Å². The number of likely N-dealkylation sites (N-methyl/N-ethyl adjacent to an activating group) is 1. The van der Waals surface area contributed by atoms with Crippen LogP contribution < -0.4 is 5.32 Å². The lowest BCUT2D eigenvalue weighted by Crippen LogP contribution is -2.38. The van der Waals surface area contributed by atoms with Crippen LogP contribution >= 0.6 is 0 Å². The zero-order chi connectivity index (χ0) is 14.3. The van der Waals surface area contributed by atoms with E-state index >= 15 is 0 Å². The van der Waals surface area contributed by atoms with E-state index in [-0.39, 0.29) is 6.09 Å². The van der Waals surface area contributed by atoms with E-state index in [0.29, 0.717) is 6.54 Å². The van der Waals surface area contributed by atoms with Crippen LogP contribution in [0.3, 0.4) is 0 Å². The molecule has 0 radical (unpaired) electrons. The molecule has 1 saturated carbocycles. The van der Waals surface area contributed by atoms with Crippen LogP contribution in [0.5, 0.6) is 0 Å². The Morgan fingerprint density at radius 1 is 1.26 bits per heavy atom. The molecular formula is C15H30N2O2. The second-order valence-electron chi connectivity index (χ2n) is 6.61. The molecule has 0 spiro atoms.